The van der Waals surface area contributed by atoms with Crippen molar-refractivity contribution in [1.29, 1.82) is 0 Å². The highest BCUT2D eigenvalue weighted by molar-refractivity contribution is 7.53. The molecule has 1 atom stereocenters. The Kier molecular flexibility index (Phi) is 6.31. The van der Waals surface area contributed by atoms with Gasteiger partial charge in [-0.15, -0.1) is 0 Å². The highest BCUT2D eigenvalue weighted by atomic mass is 31.2. The average Bonchev–Trinajstić information content (AvgIpc) is 2.04. The van der Waals surface area contributed by atoms with Crippen LogP contribution in [0.4, 0.5) is 0 Å². The molecule has 0 bridgehead atoms. The first-order chi connectivity index (χ1) is 6.04. The highest BCUT2D eigenvalue weighted by Crippen LogP contribution is 2.47. The Balaban J connectivity index is 3.98. The SMILES string of the molecule is CCOP(=O)(CC)OCC=C(C)C. The van der Waals surface area contributed by atoms with Crippen LogP contribution < -0.4 is 0 Å². The molecule has 3 nitrogen and oxygen atoms in total. The maximum Gasteiger partial charge on any atom is 0.330 e. The van der Waals surface area contributed by atoms with E-state index in [2.05, 4.69) is 0 Å². The van der Waals surface area contributed by atoms with Gasteiger partial charge in [-0.3, -0.25) is 4.57 Å². The largest absolute Gasteiger partial charge is 0.330 e. The van der Waals surface area contributed by atoms with E-state index < -0.39 is 7.60 Å². The minimum Gasteiger partial charge on any atom is -0.309 e. The van der Waals surface area contributed by atoms with Gasteiger partial charge in [0.25, 0.3) is 0 Å². The second-order valence-corrected chi connectivity index (χ2v) is 5.29. The van der Waals surface area contributed by atoms with Crippen molar-refractivity contribution in [3.05, 3.63) is 11.6 Å². The van der Waals surface area contributed by atoms with Gasteiger partial charge >= 0.3 is 7.60 Å². The van der Waals surface area contributed by atoms with Crippen molar-refractivity contribution < 1.29 is 13.6 Å². The molecule has 0 fully saturated rings. The standard InChI is InChI=1S/C9H19O3P/c1-5-11-13(10,6-2)12-8-7-9(3)4/h7H,5-6,8H2,1-4H3. The maximum absolute atomic E-state index is 11.7. The zero-order valence-corrected chi connectivity index (χ0v) is 9.77. The van der Waals surface area contributed by atoms with Crippen molar-refractivity contribution >= 4 is 7.60 Å². The smallest absolute Gasteiger partial charge is 0.309 e. The third-order valence-electron chi connectivity index (χ3n) is 1.48. The van der Waals surface area contributed by atoms with Crippen LogP contribution in [-0.4, -0.2) is 19.4 Å². The number of allylic oxidation sites excluding steroid dienone is 1. The van der Waals surface area contributed by atoms with Crippen molar-refractivity contribution in [2.45, 2.75) is 27.7 Å². The van der Waals surface area contributed by atoms with Crippen molar-refractivity contribution in [3.63, 3.8) is 0 Å². The fourth-order valence-electron chi connectivity index (χ4n) is 0.734. The van der Waals surface area contributed by atoms with E-state index in [0.29, 0.717) is 19.4 Å². The predicted octanol–water partition coefficient (Wildman–Crippen LogP) is 3.22. The molecule has 0 radical (unpaired) electrons. The predicted molar refractivity (Wildman–Crippen MR) is 55.2 cm³/mol. The van der Waals surface area contributed by atoms with Crippen molar-refractivity contribution in [2.24, 2.45) is 0 Å². The minimum atomic E-state index is -2.80. The number of hydrogen-bond donors (Lipinski definition) is 0. The fourth-order valence-corrected chi connectivity index (χ4v) is 1.87. The van der Waals surface area contributed by atoms with Gasteiger partial charge in [0.2, 0.25) is 0 Å². The first-order valence-corrected chi connectivity index (χ1v) is 6.28. The Hall–Kier alpha value is -0.110. The Morgan fingerprint density at radius 1 is 1.31 bits per heavy atom. The summed E-state index contributed by atoms with van der Waals surface area (Å²) in [5, 5.41) is 0. The number of rotatable bonds is 6. The summed E-state index contributed by atoms with van der Waals surface area (Å²) in [5.74, 6) is 0. The summed E-state index contributed by atoms with van der Waals surface area (Å²) in [4.78, 5) is 0. The molecule has 0 aromatic heterocycles. The van der Waals surface area contributed by atoms with Gasteiger partial charge < -0.3 is 9.05 Å². The van der Waals surface area contributed by atoms with E-state index >= 15 is 0 Å². The molecular formula is C9H19O3P. The maximum atomic E-state index is 11.7. The van der Waals surface area contributed by atoms with Crippen LogP contribution in [0.15, 0.2) is 11.6 Å². The van der Waals surface area contributed by atoms with Crippen LogP contribution in [0, 0.1) is 0 Å². The van der Waals surface area contributed by atoms with Gasteiger partial charge in [-0.1, -0.05) is 18.6 Å². The molecule has 1 unspecified atom stereocenters. The molecular weight excluding hydrogens is 187 g/mol. The van der Waals surface area contributed by atoms with E-state index in [4.69, 9.17) is 9.05 Å². The van der Waals surface area contributed by atoms with Crippen LogP contribution in [0.5, 0.6) is 0 Å². The van der Waals surface area contributed by atoms with Crippen molar-refractivity contribution in [1.82, 2.24) is 0 Å². The third-order valence-corrected chi connectivity index (χ3v) is 3.44. The molecule has 0 spiro atoms. The van der Waals surface area contributed by atoms with Gasteiger partial charge in [-0.25, -0.2) is 0 Å². The molecule has 78 valence electrons. The highest BCUT2D eigenvalue weighted by Gasteiger charge is 2.19. The third kappa shape index (κ3) is 6.03. The van der Waals surface area contributed by atoms with Crippen molar-refractivity contribution in [3.8, 4) is 0 Å². The second-order valence-electron chi connectivity index (χ2n) is 2.92. The van der Waals surface area contributed by atoms with Crippen molar-refractivity contribution in [2.75, 3.05) is 19.4 Å². The quantitative estimate of drug-likeness (QED) is 0.494. The summed E-state index contributed by atoms with van der Waals surface area (Å²) in [6.45, 7) is 8.36. The molecule has 0 amide bonds. The molecule has 0 aliphatic carbocycles. The molecule has 4 heteroatoms. The van der Waals surface area contributed by atoms with Gasteiger partial charge in [-0.05, 0) is 20.8 Å². The number of hydrogen-bond acceptors (Lipinski definition) is 3. The normalized spacial score (nSPS) is 15.1. The van der Waals surface area contributed by atoms with Crippen LogP contribution >= 0.6 is 7.60 Å². The lowest BCUT2D eigenvalue weighted by Crippen LogP contribution is -1.98. The van der Waals surface area contributed by atoms with Crippen LogP contribution in [0.1, 0.15) is 27.7 Å². The summed E-state index contributed by atoms with van der Waals surface area (Å²) in [5.41, 5.74) is 1.15. The molecule has 0 saturated carbocycles. The molecule has 0 rings (SSSR count). The Morgan fingerprint density at radius 3 is 2.31 bits per heavy atom. The Labute approximate surface area is 80.7 Å². The lowest BCUT2D eigenvalue weighted by atomic mass is 10.3. The second kappa shape index (κ2) is 6.36. The van der Waals surface area contributed by atoms with E-state index in [0.717, 1.165) is 5.57 Å². The van der Waals surface area contributed by atoms with Gasteiger partial charge in [0.1, 0.15) is 0 Å². The molecule has 0 saturated heterocycles. The Bertz CT molecular complexity index is 207. The van der Waals surface area contributed by atoms with Gasteiger partial charge in [0.15, 0.2) is 0 Å². The van der Waals surface area contributed by atoms with E-state index in [1.54, 1.807) is 6.92 Å². The van der Waals surface area contributed by atoms with Crippen LogP contribution in [0.2, 0.25) is 0 Å². The molecule has 0 N–H and O–H groups in total. The van der Waals surface area contributed by atoms with E-state index in [1.165, 1.54) is 0 Å². The van der Waals surface area contributed by atoms with Gasteiger partial charge in [0, 0.05) is 6.16 Å². The summed E-state index contributed by atoms with van der Waals surface area (Å²) in [6.07, 6.45) is 2.32. The van der Waals surface area contributed by atoms with Crippen LogP contribution in [0.3, 0.4) is 0 Å². The molecule has 0 heterocycles. The lowest BCUT2D eigenvalue weighted by molar-refractivity contribution is 0.229. The summed E-state index contributed by atoms with van der Waals surface area (Å²) in [7, 11) is -2.80. The monoisotopic (exact) mass is 206 g/mol. The zero-order chi connectivity index (χ0) is 10.3. The average molecular weight is 206 g/mol. The molecule has 0 aromatic rings. The van der Waals surface area contributed by atoms with E-state index in [1.807, 2.05) is 26.8 Å². The van der Waals surface area contributed by atoms with Crippen LogP contribution in [-0.2, 0) is 13.6 Å². The molecule has 0 aromatic carbocycles. The van der Waals surface area contributed by atoms with Gasteiger partial charge in [0.05, 0.1) is 13.2 Å². The summed E-state index contributed by atoms with van der Waals surface area (Å²) in [6, 6.07) is 0. The first kappa shape index (κ1) is 12.9. The first-order valence-electron chi connectivity index (χ1n) is 4.55. The van der Waals surface area contributed by atoms with E-state index in [-0.39, 0.29) is 0 Å². The molecule has 13 heavy (non-hydrogen) atoms. The minimum absolute atomic E-state index is 0.369. The molecule has 0 aliphatic heterocycles. The van der Waals surface area contributed by atoms with Gasteiger partial charge in [-0.2, -0.15) is 0 Å². The summed E-state index contributed by atoms with van der Waals surface area (Å²) >= 11 is 0. The Morgan fingerprint density at radius 2 is 1.92 bits per heavy atom. The molecule has 0 aliphatic rings. The topological polar surface area (TPSA) is 35.5 Å². The lowest BCUT2D eigenvalue weighted by Gasteiger charge is -2.14. The van der Waals surface area contributed by atoms with Crippen LogP contribution in [0.25, 0.3) is 0 Å². The van der Waals surface area contributed by atoms with E-state index in [9.17, 15) is 4.57 Å². The fraction of sp³-hybridized carbons (Fsp3) is 0.778. The summed E-state index contributed by atoms with van der Waals surface area (Å²) < 4.78 is 21.9. The zero-order valence-electron chi connectivity index (χ0n) is 8.87.